The zero-order chi connectivity index (χ0) is 16.4. The van der Waals surface area contributed by atoms with Gasteiger partial charge < -0.3 is 5.73 Å². The van der Waals surface area contributed by atoms with Crippen LogP contribution in [0.2, 0.25) is 0 Å². The summed E-state index contributed by atoms with van der Waals surface area (Å²) >= 11 is 6.88. The van der Waals surface area contributed by atoms with Gasteiger partial charge in [0.15, 0.2) is 5.78 Å². The van der Waals surface area contributed by atoms with Crippen LogP contribution in [0.3, 0.4) is 0 Å². The summed E-state index contributed by atoms with van der Waals surface area (Å²) in [5.41, 5.74) is 10.6. The van der Waals surface area contributed by atoms with Crippen molar-refractivity contribution in [2.24, 2.45) is 0 Å². The van der Waals surface area contributed by atoms with Gasteiger partial charge in [-0.15, -0.1) is 16.4 Å². The number of hydrogen-bond donors (Lipinski definition) is 2. The average Bonchev–Trinajstić information content (AvgIpc) is 3.12. The monoisotopic (exact) mass is 345 g/mol. The van der Waals surface area contributed by atoms with E-state index in [1.807, 2.05) is 42.6 Å². The van der Waals surface area contributed by atoms with Crippen LogP contribution in [0.25, 0.3) is 0 Å². The first kappa shape index (κ1) is 15.4. The normalized spacial score (nSPS) is 10.7. The molecule has 0 saturated carbocycles. The summed E-state index contributed by atoms with van der Waals surface area (Å²) in [5, 5.41) is 6.99. The lowest BCUT2D eigenvalue weighted by molar-refractivity contribution is 0.0966. The Morgan fingerprint density at radius 1 is 1.35 bits per heavy atom. The highest BCUT2D eigenvalue weighted by Gasteiger charge is 2.14. The number of carbonyl (C=O) groups excluding carboxylic acids is 1. The molecular weight excluding hydrogens is 330 g/mol. The van der Waals surface area contributed by atoms with Gasteiger partial charge in [0.25, 0.3) is 0 Å². The number of ketones is 1. The zero-order valence-electron chi connectivity index (χ0n) is 12.4. The van der Waals surface area contributed by atoms with Crippen LogP contribution in [-0.2, 0) is 6.54 Å². The second kappa shape index (κ2) is 6.35. The number of Topliss-reactive ketones (excluding diaryl/α,β-unsaturated/α-hetero) is 1. The predicted octanol–water partition coefficient (Wildman–Crippen LogP) is 3.12. The zero-order valence-corrected chi connectivity index (χ0v) is 14.0. The molecule has 118 valence electrons. The Morgan fingerprint density at radius 3 is 2.83 bits per heavy atom. The first-order chi connectivity index (χ1) is 11.1. The Morgan fingerprint density at radius 2 is 2.13 bits per heavy atom. The number of aromatic nitrogens is 3. The van der Waals surface area contributed by atoms with Crippen molar-refractivity contribution in [3.05, 3.63) is 57.7 Å². The van der Waals surface area contributed by atoms with Crippen LogP contribution in [0.5, 0.6) is 0 Å². The minimum Gasteiger partial charge on any atom is -0.366 e. The molecule has 0 aliphatic heterocycles. The Bertz CT molecular complexity index is 895. The number of hydrogen-bond acceptors (Lipinski definition) is 6. The van der Waals surface area contributed by atoms with Gasteiger partial charge in [0.2, 0.25) is 10.7 Å². The molecule has 0 fully saturated rings. The summed E-state index contributed by atoms with van der Waals surface area (Å²) in [6.45, 7) is 1.95. The lowest BCUT2D eigenvalue weighted by Crippen LogP contribution is -2.14. The summed E-state index contributed by atoms with van der Waals surface area (Å²) in [5.74, 6) is 0.154. The topological polar surface area (TPSA) is 77.9 Å². The van der Waals surface area contributed by atoms with Gasteiger partial charge >= 0.3 is 0 Å². The second-order valence-electron chi connectivity index (χ2n) is 4.96. The third-order valence-corrected chi connectivity index (χ3v) is 4.51. The minimum atomic E-state index is -0.0556. The van der Waals surface area contributed by atoms with Crippen LogP contribution in [0.1, 0.15) is 15.9 Å². The van der Waals surface area contributed by atoms with Crippen molar-refractivity contribution < 1.29 is 4.79 Å². The third-order valence-electron chi connectivity index (χ3n) is 3.35. The Kier molecular flexibility index (Phi) is 4.26. The van der Waals surface area contributed by atoms with E-state index in [1.54, 1.807) is 6.07 Å². The summed E-state index contributed by atoms with van der Waals surface area (Å²) in [4.78, 5) is 12.4. The standard InChI is InChI=1S/C15H15N5OS2/c1-10-5-2-3-6-11(10)12(21)9-19-15(22)20(14(16)18-19)17-13-7-4-8-23-13/h2-8,17H,9H2,1H3,(H2,16,18). The molecule has 3 aromatic rings. The van der Waals surface area contributed by atoms with E-state index >= 15 is 0 Å². The number of nitrogens with zero attached hydrogens (tertiary/aromatic N) is 3. The predicted molar refractivity (Wildman–Crippen MR) is 94.3 cm³/mol. The summed E-state index contributed by atoms with van der Waals surface area (Å²) in [6, 6.07) is 11.3. The molecular formula is C15H15N5OS2. The summed E-state index contributed by atoms with van der Waals surface area (Å²) < 4.78 is 3.27. The number of anilines is 2. The second-order valence-corrected chi connectivity index (χ2v) is 6.27. The molecule has 3 N–H and O–H groups in total. The molecule has 0 saturated heterocycles. The van der Waals surface area contributed by atoms with Gasteiger partial charge in [-0.3, -0.25) is 10.2 Å². The maximum absolute atomic E-state index is 12.4. The Hall–Kier alpha value is -2.45. The van der Waals surface area contributed by atoms with E-state index in [0.29, 0.717) is 10.3 Å². The van der Waals surface area contributed by atoms with Crippen LogP contribution < -0.4 is 11.2 Å². The number of nitrogens with one attached hydrogen (secondary N) is 1. The number of benzene rings is 1. The van der Waals surface area contributed by atoms with Crippen LogP contribution in [0.4, 0.5) is 10.9 Å². The lowest BCUT2D eigenvalue weighted by atomic mass is 10.1. The minimum absolute atomic E-state index is 0.0486. The van der Waals surface area contributed by atoms with Crippen molar-refractivity contribution in [3.63, 3.8) is 0 Å². The molecule has 6 nitrogen and oxygen atoms in total. The maximum atomic E-state index is 12.4. The molecule has 2 aromatic heterocycles. The number of nitrogen functional groups attached to an aromatic ring is 1. The largest absolute Gasteiger partial charge is 0.366 e. The van der Waals surface area contributed by atoms with Gasteiger partial charge in [-0.05, 0) is 42.2 Å². The highest BCUT2D eigenvalue weighted by molar-refractivity contribution is 7.71. The fraction of sp³-hybridized carbons (Fsp3) is 0.133. The van der Waals surface area contributed by atoms with Crippen molar-refractivity contribution in [2.75, 3.05) is 11.2 Å². The van der Waals surface area contributed by atoms with Crippen molar-refractivity contribution in [2.45, 2.75) is 13.5 Å². The van der Waals surface area contributed by atoms with Gasteiger partial charge in [0.05, 0.1) is 0 Å². The third kappa shape index (κ3) is 3.17. The van der Waals surface area contributed by atoms with Gasteiger partial charge in [0, 0.05) is 5.56 Å². The Labute approximate surface area is 142 Å². The SMILES string of the molecule is Cc1ccccc1C(=O)Cn1nc(N)n(Nc2cccs2)c1=S. The first-order valence-corrected chi connectivity index (χ1v) is 8.20. The van der Waals surface area contributed by atoms with Gasteiger partial charge in [-0.2, -0.15) is 4.68 Å². The number of rotatable bonds is 5. The highest BCUT2D eigenvalue weighted by Crippen LogP contribution is 2.17. The molecule has 2 heterocycles. The molecule has 0 radical (unpaired) electrons. The van der Waals surface area contributed by atoms with Crippen LogP contribution >= 0.6 is 23.6 Å². The number of thiophene rings is 1. The van der Waals surface area contributed by atoms with Gasteiger partial charge in [0.1, 0.15) is 11.5 Å². The quantitative estimate of drug-likeness (QED) is 0.549. The first-order valence-electron chi connectivity index (χ1n) is 6.91. The molecule has 8 heteroatoms. The van der Waals surface area contributed by atoms with E-state index in [-0.39, 0.29) is 18.3 Å². The van der Waals surface area contributed by atoms with Crippen molar-refractivity contribution in [1.29, 1.82) is 0 Å². The molecule has 0 unspecified atom stereocenters. The van der Waals surface area contributed by atoms with Crippen LogP contribution in [0, 0.1) is 11.7 Å². The molecule has 1 aromatic carbocycles. The van der Waals surface area contributed by atoms with E-state index in [0.717, 1.165) is 10.6 Å². The van der Waals surface area contributed by atoms with Crippen molar-refractivity contribution in [3.8, 4) is 0 Å². The molecule has 0 aliphatic rings. The van der Waals surface area contributed by atoms with E-state index in [1.165, 1.54) is 20.7 Å². The number of aryl methyl sites for hydroxylation is 1. The van der Waals surface area contributed by atoms with E-state index in [9.17, 15) is 4.79 Å². The number of carbonyl (C=O) groups is 1. The van der Waals surface area contributed by atoms with Gasteiger partial charge in [-0.1, -0.05) is 24.3 Å². The summed E-state index contributed by atoms with van der Waals surface area (Å²) in [6.07, 6.45) is 0. The summed E-state index contributed by atoms with van der Waals surface area (Å²) in [7, 11) is 0. The molecule has 0 spiro atoms. The highest BCUT2D eigenvalue weighted by atomic mass is 32.1. The van der Waals surface area contributed by atoms with Crippen LogP contribution in [-0.4, -0.2) is 20.2 Å². The molecule has 0 aliphatic carbocycles. The van der Waals surface area contributed by atoms with Crippen molar-refractivity contribution in [1.82, 2.24) is 14.5 Å². The molecule has 23 heavy (non-hydrogen) atoms. The van der Waals surface area contributed by atoms with Crippen molar-refractivity contribution >= 4 is 40.3 Å². The fourth-order valence-electron chi connectivity index (χ4n) is 2.19. The molecule has 0 bridgehead atoms. The maximum Gasteiger partial charge on any atom is 0.240 e. The lowest BCUT2D eigenvalue weighted by Gasteiger charge is -2.05. The number of nitrogens with two attached hydrogens (primary N) is 1. The van der Waals surface area contributed by atoms with E-state index < -0.39 is 0 Å². The van der Waals surface area contributed by atoms with E-state index in [2.05, 4.69) is 10.5 Å². The molecule has 0 atom stereocenters. The molecule has 0 amide bonds. The van der Waals surface area contributed by atoms with Crippen LogP contribution in [0.15, 0.2) is 41.8 Å². The fourth-order valence-corrected chi connectivity index (χ4v) is 3.04. The Balaban J connectivity index is 1.86. The smallest absolute Gasteiger partial charge is 0.240 e. The van der Waals surface area contributed by atoms with Gasteiger partial charge in [-0.25, -0.2) is 4.68 Å². The van der Waals surface area contributed by atoms with E-state index in [4.69, 9.17) is 18.0 Å². The molecule has 3 rings (SSSR count). The average molecular weight is 345 g/mol.